The molecule has 0 radical (unpaired) electrons. The Morgan fingerprint density at radius 2 is 1.62 bits per heavy atom. The molecular formula is C34H44ClN5O2. The standard InChI is InChI=1S/C34H44ClN5O2/c1-39(2)21-22-40(24-27-9-7-8-12-32(27)35)34(37-28-10-5-4-6-11-28)38-29-17-13-25(14-18-29)31(23-33(36)41)26-15-19-30(42-3)20-16-26/h7-9,12-20,28,31H,4-6,10-11,21-24H2,1-3H3,(H2,36,41)(H,37,38). The average Bonchev–Trinajstić information content (AvgIpc) is 2.99. The molecule has 7 nitrogen and oxygen atoms in total. The van der Waals surface area contributed by atoms with Crippen LogP contribution in [0.2, 0.25) is 5.02 Å². The highest BCUT2D eigenvalue weighted by Crippen LogP contribution is 2.30. The van der Waals surface area contributed by atoms with E-state index in [0.717, 1.165) is 65.0 Å². The predicted molar refractivity (Wildman–Crippen MR) is 173 cm³/mol. The van der Waals surface area contributed by atoms with Crippen molar-refractivity contribution in [2.45, 2.75) is 57.0 Å². The summed E-state index contributed by atoms with van der Waals surface area (Å²) in [5.41, 5.74) is 9.71. The normalized spacial score (nSPS) is 14.9. The van der Waals surface area contributed by atoms with Crippen molar-refractivity contribution in [1.29, 1.82) is 0 Å². The summed E-state index contributed by atoms with van der Waals surface area (Å²) < 4.78 is 5.31. The van der Waals surface area contributed by atoms with Gasteiger partial charge in [-0.3, -0.25) is 4.79 Å². The van der Waals surface area contributed by atoms with Crippen LogP contribution < -0.4 is 15.8 Å². The van der Waals surface area contributed by atoms with Crippen LogP contribution in [-0.4, -0.2) is 62.0 Å². The number of methoxy groups -OCH3 is 1. The largest absolute Gasteiger partial charge is 0.497 e. The number of halogens is 1. The molecule has 1 saturated carbocycles. The number of aliphatic imine (C=N–C) groups is 1. The van der Waals surface area contributed by atoms with Gasteiger partial charge in [0, 0.05) is 42.7 Å². The Bertz CT molecular complexity index is 1300. The van der Waals surface area contributed by atoms with Gasteiger partial charge in [-0.25, -0.2) is 4.99 Å². The predicted octanol–water partition coefficient (Wildman–Crippen LogP) is 6.52. The first-order valence-corrected chi connectivity index (χ1v) is 15.2. The molecule has 0 aliphatic heterocycles. The highest BCUT2D eigenvalue weighted by molar-refractivity contribution is 6.31. The monoisotopic (exact) mass is 589 g/mol. The van der Waals surface area contributed by atoms with E-state index in [-0.39, 0.29) is 18.2 Å². The van der Waals surface area contributed by atoms with E-state index < -0.39 is 0 Å². The fourth-order valence-corrected chi connectivity index (χ4v) is 5.58. The van der Waals surface area contributed by atoms with Gasteiger partial charge in [0.15, 0.2) is 5.96 Å². The Kier molecular flexibility index (Phi) is 11.7. The first kappa shape index (κ1) is 31.4. The fourth-order valence-electron chi connectivity index (χ4n) is 5.38. The van der Waals surface area contributed by atoms with Crippen molar-refractivity contribution in [1.82, 2.24) is 9.80 Å². The molecule has 1 aliphatic carbocycles. The minimum atomic E-state index is -0.337. The minimum Gasteiger partial charge on any atom is -0.497 e. The number of primary amides is 1. The highest BCUT2D eigenvalue weighted by Gasteiger charge is 2.20. The lowest BCUT2D eigenvalue weighted by molar-refractivity contribution is -0.118. The van der Waals surface area contributed by atoms with Gasteiger partial charge in [0.2, 0.25) is 5.91 Å². The number of likely N-dealkylation sites (N-methyl/N-ethyl adjacent to an activating group) is 1. The molecule has 1 aliphatic rings. The van der Waals surface area contributed by atoms with Gasteiger partial charge >= 0.3 is 0 Å². The van der Waals surface area contributed by atoms with Gasteiger partial charge in [0.05, 0.1) is 13.2 Å². The topological polar surface area (TPSA) is 83.2 Å². The number of ether oxygens (including phenoxy) is 1. The zero-order chi connectivity index (χ0) is 29.9. The van der Waals surface area contributed by atoms with Gasteiger partial charge < -0.3 is 25.6 Å². The van der Waals surface area contributed by atoms with Crippen LogP contribution in [0.25, 0.3) is 0 Å². The lowest BCUT2D eigenvalue weighted by Gasteiger charge is -2.30. The van der Waals surface area contributed by atoms with Crippen LogP contribution in [-0.2, 0) is 11.3 Å². The van der Waals surface area contributed by atoms with E-state index in [2.05, 4.69) is 59.5 Å². The zero-order valence-corrected chi connectivity index (χ0v) is 25.8. The molecule has 1 unspecified atom stereocenters. The molecular weight excluding hydrogens is 546 g/mol. The lowest BCUT2D eigenvalue weighted by atomic mass is 9.88. The molecule has 1 amide bonds. The molecule has 224 valence electrons. The van der Waals surface area contributed by atoms with E-state index in [1.165, 1.54) is 19.3 Å². The molecule has 0 aromatic heterocycles. The summed E-state index contributed by atoms with van der Waals surface area (Å²) in [7, 11) is 5.82. The summed E-state index contributed by atoms with van der Waals surface area (Å²) in [5.74, 6) is 1.16. The molecule has 4 rings (SSSR count). The maximum atomic E-state index is 12.0. The third-order valence-electron chi connectivity index (χ3n) is 7.81. The Morgan fingerprint density at radius 1 is 0.976 bits per heavy atom. The second-order valence-corrected chi connectivity index (χ2v) is 11.7. The van der Waals surface area contributed by atoms with Crippen molar-refractivity contribution in [3.05, 3.63) is 94.5 Å². The first-order valence-electron chi connectivity index (χ1n) is 14.8. The van der Waals surface area contributed by atoms with Crippen LogP contribution >= 0.6 is 11.6 Å². The molecule has 0 saturated heterocycles. The maximum Gasteiger partial charge on any atom is 0.218 e. The van der Waals surface area contributed by atoms with Crippen molar-refractivity contribution in [2.24, 2.45) is 10.7 Å². The van der Waals surface area contributed by atoms with E-state index in [4.69, 9.17) is 27.1 Å². The lowest BCUT2D eigenvalue weighted by Crippen LogP contribution is -2.41. The van der Waals surface area contributed by atoms with Crippen LogP contribution in [0.1, 0.15) is 61.1 Å². The summed E-state index contributed by atoms with van der Waals surface area (Å²) in [6.07, 6.45) is 6.14. The first-order chi connectivity index (χ1) is 20.3. The molecule has 3 N–H and O–H groups in total. The van der Waals surface area contributed by atoms with Crippen molar-refractivity contribution in [2.75, 3.05) is 39.6 Å². The SMILES string of the molecule is COc1ccc(C(CC(N)=O)c2ccc(N/C(=N/C3CCCCC3)N(CCN(C)C)Cc3ccccc3Cl)cc2)cc1. The molecule has 1 atom stereocenters. The third kappa shape index (κ3) is 9.23. The van der Waals surface area contributed by atoms with E-state index in [0.29, 0.717) is 12.6 Å². The summed E-state index contributed by atoms with van der Waals surface area (Å²) in [4.78, 5) is 21.8. The van der Waals surface area contributed by atoms with E-state index in [1.54, 1.807) is 7.11 Å². The number of carbonyl (C=O) groups is 1. The Labute approximate surface area is 255 Å². The number of nitrogens with two attached hydrogens (primary N) is 1. The van der Waals surface area contributed by atoms with Crippen LogP contribution in [0.3, 0.4) is 0 Å². The second-order valence-electron chi connectivity index (χ2n) is 11.3. The van der Waals surface area contributed by atoms with Crippen molar-refractivity contribution < 1.29 is 9.53 Å². The highest BCUT2D eigenvalue weighted by atomic mass is 35.5. The van der Waals surface area contributed by atoms with Crippen LogP contribution in [0.15, 0.2) is 77.8 Å². The van der Waals surface area contributed by atoms with Gasteiger partial charge in [0.25, 0.3) is 0 Å². The number of benzene rings is 3. The summed E-state index contributed by atoms with van der Waals surface area (Å²) in [6, 6.07) is 24.4. The third-order valence-corrected chi connectivity index (χ3v) is 8.18. The van der Waals surface area contributed by atoms with Crippen LogP contribution in [0.5, 0.6) is 5.75 Å². The van der Waals surface area contributed by atoms with Gasteiger partial charge in [-0.2, -0.15) is 0 Å². The molecule has 42 heavy (non-hydrogen) atoms. The number of nitrogens with zero attached hydrogens (tertiary/aromatic N) is 3. The van der Waals surface area contributed by atoms with Crippen LogP contribution in [0, 0.1) is 0 Å². The number of guanidine groups is 1. The smallest absolute Gasteiger partial charge is 0.218 e. The molecule has 0 bridgehead atoms. The number of anilines is 1. The van der Waals surface area contributed by atoms with Crippen molar-refractivity contribution >= 4 is 29.2 Å². The Hall–Kier alpha value is -3.55. The van der Waals surface area contributed by atoms with E-state index in [1.807, 2.05) is 42.5 Å². The van der Waals surface area contributed by atoms with Gasteiger partial charge in [-0.15, -0.1) is 0 Å². The maximum absolute atomic E-state index is 12.0. The molecule has 3 aromatic carbocycles. The number of rotatable bonds is 12. The van der Waals surface area contributed by atoms with E-state index >= 15 is 0 Å². The number of nitrogens with one attached hydrogen (secondary N) is 1. The molecule has 0 heterocycles. The minimum absolute atomic E-state index is 0.144. The summed E-state index contributed by atoms with van der Waals surface area (Å²) >= 11 is 6.60. The fraction of sp³-hybridized carbons (Fsp3) is 0.412. The molecule has 8 heteroatoms. The molecule has 3 aromatic rings. The summed E-state index contributed by atoms with van der Waals surface area (Å²) in [5, 5.41) is 4.41. The average molecular weight is 590 g/mol. The number of carbonyl (C=O) groups excluding carboxylic acids is 1. The molecule has 0 spiro atoms. The van der Waals surface area contributed by atoms with Gasteiger partial charge in [0.1, 0.15) is 5.75 Å². The second kappa shape index (κ2) is 15.6. The number of amides is 1. The Balaban J connectivity index is 1.62. The Morgan fingerprint density at radius 3 is 2.21 bits per heavy atom. The molecule has 1 fully saturated rings. The summed E-state index contributed by atoms with van der Waals surface area (Å²) in [6.45, 7) is 2.33. The van der Waals surface area contributed by atoms with E-state index in [9.17, 15) is 4.79 Å². The number of hydrogen-bond donors (Lipinski definition) is 2. The number of hydrogen-bond acceptors (Lipinski definition) is 4. The van der Waals surface area contributed by atoms with Crippen molar-refractivity contribution in [3.8, 4) is 5.75 Å². The quantitative estimate of drug-likeness (QED) is 0.186. The van der Waals surface area contributed by atoms with Gasteiger partial charge in [-0.1, -0.05) is 73.3 Å². The zero-order valence-electron chi connectivity index (χ0n) is 25.1. The van der Waals surface area contributed by atoms with Crippen LogP contribution in [0.4, 0.5) is 5.69 Å². The van der Waals surface area contributed by atoms with Crippen molar-refractivity contribution in [3.63, 3.8) is 0 Å². The van der Waals surface area contributed by atoms with Gasteiger partial charge in [-0.05, 0) is 74.0 Å².